The highest BCUT2D eigenvalue weighted by Crippen LogP contribution is 2.35. The fourth-order valence-electron chi connectivity index (χ4n) is 4.56. The smallest absolute Gasteiger partial charge is 0.308 e. The Labute approximate surface area is 150 Å². The maximum Gasteiger partial charge on any atom is 0.308 e. The van der Waals surface area contributed by atoms with Gasteiger partial charge in [-0.1, -0.05) is 71.6 Å². The van der Waals surface area contributed by atoms with Gasteiger partial charge in [0.1, 0.15) is 6.10 Å². The molecule has 0 aromatic rings. The van der Waals surface area contributed by atoms with Gasteiger partial charge in [0.25, 0.3) is 0 Å². The molecule has 2 rings (SSSR count). The Morgan fingerprint density at radius 1 is 0.917 bits per heavy atom. The Balaban J connectivity index is 1.56. The molecule has 0 heterocycles. The summed E-state index contributed by atoms with van der Waals surface area (Å²) in [5.74, 6) is 2.00. The minimum atomic E-state index is 0.0650. The van der Waals surface area contributed by atoms with Crippen LogP contribution in [0.1, 0.15) is 110 Å². The summed E-state index contributed by atoms with van der Waals surface area (Å²) in [4.78, 5) is 12.3. The second kappa shape index (κ2) is 11.2. The molecule has 2 heteroatoms. The number of carbonyl (C=O) groups is 1. The van der Waals surface area contributed by atoms with Crippen LogP contribution in [-0.4, -0.2) is 12.1 Å². The second-order valence-electron chi connectivity index (χ2n) is 8.56. The van der Waals surface area contributed by atoms with Gasteiger partial charge in [-0.25, -0.2) is 0 Å². The van der Waals surface area contributed by atoms with E-state index in [1.165, 1.54) is 77.0 Å². The van der Waals surface area contributed by atoms with E-state index in [0.717, 1.165) is 31.1 Å². The Hall–Kier alpha value is -0.530. The van der Waals surface area contributed by atoms with Crippen molar-refractivity contribution < 1.29 is 9.53 Å². The lowest BCUT2D eigenvalue weighted by Gasteiger charge is -2.29. The summed E-state index contributed by atoms with van der Waals surface area (Å²) in [5, 5.41) is 0. The van der Waals surface area contributed by atoms with Gasteiger partial charge in [-0.2, -0.15) is 0 Å². The van der Waals surface area contributed by atoms with Crippen LogP contribution in [0.2, 0.25) is 0 Å². The average molecular weight is 337 g/mol. The quantitative estimate of drug-likeness (QED) is 0.347. The fourth-order valence-corrected chi connectivity index (χ4v) is 4.56. The van der Waals surface area contributed by atoms with Crippen LogP contribution in [0.25, 0.3) is 0 Å². The highest BCUT2D eigenvalue weighted by atomic mass is 16.5. The van der Waals surface area contributed by atoms with Crippen molar-refractivity contribution in [2.24, 2.45) is 17.8 Å². The molecule has 2 saturated carbocycles. The van der Waals surface area contributed by atoms with Gasteiger partial charge in [0.15, 0.2) is 0 Å². The van der Waals surface area contributed by atoms with Crippen molar-refractivity contribution >= 4 is 5.97 Å². The molecule has 1 unspecified atom stereocenters. The third-order valence-electron chi connectivity index (χ3n) is 6.43. The monoisotopic (exact) mass is 336 g/mol. The van der Waals surface area contributed by atoms with Gasteiger partial charge in [0.2, 0.25) is 0 Å². The number of unbranched alkanes of at least 4 members (excludes halogenated alkanes) is 2. The molecule has 2 aliphatic carbocycles. The molecular formula is C22H40O2. The molecule has 0 aromatic heterocycles. The fraction of sp³-hybridized carbons (Fsp3) is 0.955. The predicted molar refractivity (Wildman–Crippen MR) is 101 cm³/mol. The molecule has 24 heavy (non-hydrogen) atoms. The number of rotatable bonds is 9. The van der Waals surface area contributed by atoms with E-state index in [1.807, 2.05) is 0 Å². The van der Waals surface area contributed by atoms with Crippen molar-refractivity contribution in [1.29, 1.82) is 0 Å². The maximum atomic E-state index is 12.3. The average Bonchev–Trinajstić information content (AvgIpc) is 2.62. The van der Waals surface area contributed by atoms with Gasteiger partial charge in [-0.3, -0.25) is 4.79 Å². The van der Waals surface area contributed by atoms with Gasteiger partial charge >= 0.3 is 5.97 Å². The van der Waals surface area contributed by atoms with Crippen LogP contribution in [0, 0.1) is 17.8 Å². The topological polar surface area (TPSA) is 26.3 Å². The highest BCUT2D eigenvalue weighted by molar-refractivity contribution is 5.72. The first-order valence-electron chi connectivity index (χ1n) is 10.9. The van der Waals surface area contributed by atoms with Crippen LogP contribution in [0.4, 0.5) is 0 Å². The lowest BCUT2D eigenvalue weighted by atomic mass is 9.77. The molecule has 0 aliphatic heterocycles. The molecule has 0 aromatic carbocycles. The Morgan fingerprint density at radius 3 is 2.17 bits per heavy atom. The summed E-state index contributed by atoms with van der Waals surface area (Å²) in [6, 6.07) is 0. The minimum Gasteiger partial charge on any atom is -0.462 e. The Morgan fingerprint density at radius 2 is 1.54 bits per heavy atom. The van der Waals surface area contributed by atoms with E-state index in [-0.39, 0.29) is 18.0 Å². The van der Waals surface area contributed by atoms with Crippen LogP contribution >= 0.6 is 0 Å². The molecule has 0 bridgehead atoms. The first-order valence-corrected chi connectivity index (χ1v) is 10.9. The summed E-state index contributed by atoms with van der Waals surface area (Å²) in [6.45, 7) is 4.36. The first kappa shape index (κ1) is 19.8. The predicted octanol–water partition coefficient (Wildman–Crippen LogP) is 6.67. The molecule has 0 N–H and O–H groups in total. The molecule has 0 amide bonds. The SMILES string of the molecule is CCCCC[C@H]1CC[C@H](CCC(C)C(=O)OC2CCCCC2)CC1. The van der Waals surface area contributed by atoms with Gasteiger partial charge in [0, 0.05) is 0 Å². The van der Waals surface area contributed by atoms with Gasteiger partial charge < -0.3 is 4.74 Å². The van der Waals surface area contributed by atoms with E-state index >= 15 is 0 Å². The summed E-state index contributed by atoms with van der Waals surface area (Å²) in [7, 11) is 0. The number of carbonyl (C=O) groups excluding carboxylic acids is 1. The summed E-state index contributed by atoms with van der Waals surface area (Å²) >= 11 is 0. The number of esters is 1. The number of ether oxygens (including phenoxy) is 1. The van der Waals surface area contributed by atoms with Gasteiger partial charge in [0.05, 0.1) is 5.92 Å². The zero-order valence-electron chi connectivity index (χ0n) is 16.2. The molecule has 2 nitrogen and oxygen atoms in total. The lowest BCUT2D eigenvalue weighted by molar-refractivity contribution is -0.155. The Bertz CT molecular complexity index is 338. The van der Waals surface area contributed by atoms with Crippen LogP contribution in [0.15, 0.2) is 0 Å². The van der Waals surface area contributed by atoms with E-state index in [1.54, 1.807) is 0 Å². The summed E-state index contributed by atoms with van der Waals surface area (Å²) in [6.07, 6.45) is 19.7. The van der Waals surface area contributed by atoms with E-state index in [4.69, 9.17) is 4.74 Å². The molecule has 140 valence electrons. The molecule has 1 atom stereocenters. The highest BCUT2D eigenvalue weighted by Gasteiger charge is 2.24. The maximum absolute atomic E-state index is 12.3. The number of hydrogen-bond donors (Lipinski definition) is 0. The van der Waals surface area contributed by atoms with E-state index in [2.05, 4.69) is 13.8 Å². The molecule has 0 spiro atoms. The van der Waals surface area contributed by atoms with Crippen molar-refractivity contribution in [3.63, 3.8) is 0 Å². The first-order chi connectivity index (χ1) is 11.7. The van der Waals surface area contributed by atoms with Crippen molar-refractivity contribution in [3.8, 4) is 0 Å². The zero-order chi connectivity index (χ0) is 17.2. The normalized spacial score (nSPS) is 26.9. The van der Waals surface area contributed by atoms with Crippen molar-refractivity contribution in [2.75, 3.05) is 0 Å². The molecule has 2 fully saturated rings. The van der Waals surface area contributed by atoms with Crippen LogP contribution < -0.4 is 0 Å². The Kier molecular flexibility index (Phi) is 9.20. The van der Waals surface area contributed by atoms with Crippen LogP contribution in [0.5, 0.6) is 0 Å². The zero-order valence-corrected chi connectivity index (χ0v) is 16.2. The van der Waals surface area contributed by atoms with Crippen molar-refractivity contribution in [1.82, 2.24) is 0 Å². The molecular weight excluding hydrogens is 296 g/mol. The third-order valence-corrected chi connectivity index (χ3v) is 6.43. The van der Waals surface area contributed by atoms with E-state index in [0.29, 0.717) is 0 Å². The van der Waals surface area contributed by atoms with E-state index < -0.39 is 0 Å². The summed E-state index contributed by atoms with van der Waals surface area (Å²) < 4.78 is 5.73. The lowest BCUT2D eigenvalue weighted by Crippen LogP contribution is -2.25. The molecule has 0 saturated heterocycles. The summed E-state index contributed by atoms with van der Waals surface area (Å²) in [5.41, 5.74) is 0. The van der Waals surface area contributed by atoms with Crippen molar-refractivity contribution in [3.05, 3.63) is 0 Å². The molecule has 0 radical (unpaired) electrons. The van der Waals surface area contributed by atoms with Crippen LogP contribution in [0.3, 0.4) is 0 Å². The van der Waals surface area contributed by atoms with Crippen molar-refractivity contribution in [2.45, 2.75) is 116 Å². The standard InChI is InChI=1S/C22H40O2/c1-3-4-6-9-19-14-16-20(17-15-19)13-12-18(2)22(23)24-21-10-7-5-8-11-21/h18-21H,3-17H2,1-2H3/t18?,19-,20-. The van der Waals surface area contributed by atoms with Crippen LogP contribution in [-0.2, 0) is 9.53 Å². The molecule has 2 aliphatic rings. The van der Waals surface area contributed by atoms with E-state index in [9.17, 15) is 4.79 Å². The minimum absolute atomic E-state index is 0.0650. The number of hydrogen-bond acceptors (Lipinski definition) is 2. The second-order valence-corrected chi connectivity index (χ2v) is 8.56. The van der Waals surface area contributed by atoms with Gasteiger partial charge in [-0.15, -0.1) is 0 Å². The van der Waals surface area contributed by atoms with Gasteiger partial charge in [-0.05, 0) is 50.4 Å². The largest absolute Gasteiger partial charge is 0.462 e. The third kappa shape index (κ3) is 7.15.